The van der Waals surface area contributed by atoms with Crippen LogP contribution >= 0.6 is 0 Å². The van der Waals surface area contributed by atoms with E-state index in [0.717, 1.165) is 16.5 Å². The second kappa shape index (κ2) is 12.9. The molecular formula is C27H33N5O7. The number of nitrogens with one attached hydrogen (secondary N) is 4. The lowest BCUT2D eigenvalue weighted by molar-refractivity contribution is -0.142. The molecular weight excluding hydrogens is 506 g/mol. The first-order valence-electron chi connectivity index (χ1n) is 12.4. The van der Waals surface area contributed by atoms with Crippen LogP contribution in [0.1, 0.15) is 25.0 Å². The van der Waals surface area contributed by atoms with Crippen LogP contribution in [-0.2, 0) is 32.0 Å². The number of aromatic nitrogens is 1. The van der Waals surface area contributed by atoms with Gasteiger partial charge in [0.1, 0.15) is 23.9 Å². The fourth-order valence-electron chi connectivity index (χ4n) is 4.01. The van der Waals surface area contributed by atoms with Gasteiger partial charge in [-0.2, -0.15) is 0 Å². The van der Waals surface area contributed by atoms with Gasteiger partial charge in [-0.25, -0.2) is 0 Å². The Morgan fingerprint density at radius 2 is 1.56 bits per heavy atom. The van der Waals surface area contributed by atoms with Crippen molar-refractivity contribution in [3.8, 4) is 5.75 Å². The summed E-state index contributed by atoms with van der Waals surface area (Å²) in [6.45, 7) is 2.50. The number of aliphatic hydroxyl groups excluding tert-OH is 1. The molecule has 0 saturated carbocycles. The quantitative estimate of drug-likeness (QED) is 0.156. The number of carbonyl (C=O) groups excluding carboxylic acids is 3. The summed E-state index contributed by atoms with van der Waals surface area (Å²) in [4.78, 5) is 53.2. The predicted molar refractivity (Wildman–Crippen MR) is 143 cm³/mol. The zero-order chi connectivity index (χ0) is 28.7. The first-order valence-corrected chi connectivity index (χ1v) is 12.4. The first kappa shape index (κ1) is 29.1. The molecule has 0 aliphatic carbocycles. The van der Waals surface area contributed by atoms with E-state index in [1.54, 1.807) is 18.3 Å². The molecule has 12 nitrogen and oxygen atoms in total. The summed E-state index contributed by atoms with van der Waals surface area (Å²) >= 11 is 0. The number of carbonyl (C=O) groups is 4. The summed E-state index contributed by atoms with van der Waals surface area (Å²) in [7, 11) is 0. The Bertz CT molecular complexity index is 1320. The highest BCUT2D eigenvalue weighted by atomic mass is 16.4. The van der Waals surface area contributed by atoms with E-state index < -0.39 is 54.0 Å². The Morgan fingerprint density at radius 1 is 0.897 bits per heavy atom. The van der Waals surface area contributed by atoms with Crippen molar-refractivity contribution in [2.45, 2.75) is 57.0 Å². The van der Waals surface area contributed by atoms with Crippen molar-refractivity contribution in [2.24, 2.45) is 5.73 Å². The highest BCUT2D eigenvalue weighted by Gasteiger charge is 2.32. The second-order valence-electron chi connectivity index (χ2n) is 9.40. The summed E-state index contributed by atoms with van der Waals surface area (Å²) in [6, 6.07) is 8.58. The van der Waals surface area contributed by atoms with Crippen molar-refractivity contribution in [1.82, 2.24) is 20.9 Å². The van der Waals surface area contributed by atoms with E-state index in [9.17, 15) is 29.4 Å². The van der Waals surface area contributed by atoms with Crippen LogP contribution in [-0.4, -0.2) is 74.3 Å². The van der Waals surface area contributed by atoms with Crippen LogP contribution in [0.3, 0.4) is 0 Å². The van der Waals surface area contributed by atoms with Crippen molar-refractivity contribution in [1.29, 1.82) is 0 Å². The fourth-order valence-corrected chi connectivity index (χ4v) is 4.01. The number of rotatable bonds is 12. The molecule has 5 atom stereocenters. The average Bonchev–Trinajstić information content (AvgIpc) is 3.30. The molecule has 3 rings (SSSR count). The van der Waals surface area contributed by atoms with Crippen LogP contribution in [0, 0.1) is 0 Å². The molecule has 0 aliphatic rings. The zero-order valence-electron chi connectivity index (χ0n) is 21.5. The number of carboxylic acids is 1. The number of aliphatic carboxylic acids is 1. The number of amides is 3. The number of aromatic hydroxyl groups is 1. The summed E-state index contributed by atoms with van der Waals surface area (Å²) in [5.41, 5.74) is 8.50. The predicted octanol–water partition coefficient (Wildman–Crippen LogP) is -0.0743. The summed E-state index contributed by atoms with van der Waals surface area (Å²) in [6.07, 6.45) is 0.568. The van der Waals surface area contributed by atoms with Crippen molar-refractivity contribution >= 4 is 34.6 Å². The number of hydrogen-bond donors (Lipinski definition) is 8. The van der Waals surface area contributed by atoms with Crippen molar-refractivity contribution in [3.63, 3.8) is 0 Å². The molecule has 1 heterocycles. The molecule has 1 aromatic heterocycles. The van der Waals surface area contributed by atoms with Crippen LogP contribution in [0.2, 0.25) is 0 Å². The monoisotopic (exact) mass is 539 g/mol. The SMILES string of the molecule is CC(NC(=O)C(NC(=O)C(Cc1ccc(O)cc1)NC(=O)C(N)Cc1c[nH]c2ccccc12)C(C)O)C(=O)O. The van der Waals surface area contributed by atoms with Gasteiger partial charge in [0, 0.05) is 23.5 Å². The Labute approximate surface area is 224 Å². The lowest BCUT2D eigenvalue weighted by Crippen LogP contribution is -2.60. The van der Waals surface area contributed by atoms with Crippen molar-refractivity contribution in [2.75, 3.05) is 0 Å². The van der Waals surface area contributed by atoms with Crippen LogP contribution in [0.15, 0.2) is 54.7 Å². The van der Waals surface area contributed by atoms with Crippen molar-refractivity contribution < 1.29 is 34.5 Å². The van der Waals surface area contributed by atoms with Crippen LogP contribution in [0.5, 0.6) is 5.75 Å². The van der Waals surface area contributed by atoms with Gasteiger partial charge in [-0.3, -0.25) is 19.2 Å². The van der Waals surface area contributed by atoms with Gasteiger partial charge < -0.3 is 42.0 Å². The molecule has 0 spiro atoms. The van der Waals surface area contributed by atoms with E-state index >= 15 is 0 Å². The molecule has 39 heavy (non-hydrogen) atoms. The smallest absolute Gasteiger partial charge is 0.325 e. The van der Waals surface area contributed by atoms with E-state index in [1.165, 1.54) is 26.0 Å². The van der Waals surface area contributed by atoms with Gasteiger partial charge in [0.15, 0.2) is 0 Å². The lowest BCUT2D eigenvalue weighted by Gasteiger charge is -2.26. The van der Waals surface area contributed by atoms with Gasteiger partial charge in [-0.1, -0.05) is 30.3 Å². The van der Waals surface area contributed by atoms with Gasteiger partial charge in [-0.05, 0) is 49.6 Å². The van der Waals surface area contributed by atoms with E-state index in [2.05, 4.69) is 20.9 Å². The molecule has 0 aliphatic heterocycles. The molecule has 5 unspecified atom stereocenters. The summed E-state index contributed by atoms with van der Waals surface area (Å²) in [5.74, 6) is -3.58. The number of fused-ring (bicyclic) bond motifs is 1. The minimum atomic E-state index is -1.49. The van der Waals surface area contributed by atoms with Crippen molar-refractivity contribution in [3.05, 3.63) is 65.9 Å². The second-order valence-corrected chi connectivity index (χ2v) is 9.40. The Kier molecular flexibility index (Phi) is 9.63. The third-order valence-electron chi connectivity index (χ3n) is 6.25. The maximum absolute atomic E-state index is 13.3. The molecule has 0 radical (unpaired) electrons. The average molecular weight is 540 g/mol. The Balaban J connectivity index is 1.77. The Morgan fingerprint density at radius 3 is 2.21 bits per heavy atom. The summed E-state index contributed by atoms with van der Waals surface area (Å²) < 4.78 is 0. The molecule has 3 amide bonds. The van der Waals surface area contributed by atoms with Crippen LogP contribution < -0.4 is 21.7 Å². The van der Waals surface area contributed by atoms with E-state index in [1.807, 2.05) is 24.3 Å². The normalized spacial score (nSPS) is 15.0. The number of aromatic amines is 1. The number of H-pyrrole nitrogens is 1. The van der Waals surface area contributed by atoms with E-state index in [0.29, 0.717) is 5.56 Å². The van der Waals surface area contributed by atoms with Gasteiger partial charge in [0.05, 0.1) is 12.1 Å². The van der Waals surface area contributed by atoms with Gasteiger partial charge in [0.25, 0.3) is 0 Å². The number of phenolic OH excluding ortho intramolecular Hbond substituents is 1. The third-order valence-corrected chi connectivity index (χ3v) is 6.25. The minimum absolute atomic E-state index is 0.0165. The Hall–Kier alpha value is -4.42. The molecule has 3 aromatic rings. The lowest BCUT2D eigenvalue weighted by atomic mass is 10.0. The molecule has 12 heteroatoms. The highest BCUT2D eigenvalue weighted by Crippen LogP contribution is 2.19. The number of aliphatic hydroxyl groups is 1. The van der Waals surface area contributed by atoms with Gasteiger partial charge >= 0.3 is 5.97 Å². The third kappa shape index (κ3) is 7.79. The van der Waals surface area contributed by atoms with E-state index in [-0.39, 0.29) is 18.6 Å². The molecule has 9 N–H and O–H groups in total. The molecule has 0 bridgehead atoms. The number of para-hydroxylation sites is 1. The van der Waals surface area contributed by atoms with E-state index in [4.69, 9.17) is 10.8 Å². The largest absolute Gasteiger partial charge is 0.508 e. The van der Waals surface area contributed by atoms with Crippen LogP contribution in [0.25, 0.3) is 10.9 Å². The maximum atomic E-state index is 13.3. The summed E-state index contributed by atoms with van der Waals surface area (Å²) in [5, 5.41) is 36.9. The highest BCUT2D eigenvalue weighted by molar-refractivity contribution is 5.94. The van der Waals surface area contributed by atoms with Crippen LogP contribution in [0.4, 0.5) is 0 Å². The molecule has 0 saturated heterocycles. The first-order chi connectivity index (χ1) is 18.5. The number of hydrogen-bond acceptors (Lipinski definition) is 7. The standard InChI is InChI=1S/C27H33N5O7/c1-14(27(38)39)30-26(37)23(15(2)33)32-25(36)22(11-16-7-9-18(34)10-8-16)31-24(35)20(28)12-17-13-29-21-6-4-3-5-19(17)21/h3-10,13-15,20,22-23,29,33-34H,11-12,28H2,1-2H3,(H,30,37)(H,31,35)(H,32,36)(H,38,39). The van der Waals surface area contributed by atoms with Gasteiger partial charge in [0.2, 0.25) is 17.7 Å². The number of nitrogens with two attached hydrogens (primary N) is 1. The topological polar surface area (TPSA) is 207 Å². The fraction of sp³-hybridized carbons (Fsp3) is 0.333. The molecule has 2 aromatic carbocycles. The number of phenols is 1. The minimum Gasteiger partial charge on any atom is -0.508 e. The van der Waals surface area contributed by atoms with Gasteiger partial charge in [-0.15, -0.1) is 0 Å². The number of benzene rings is 2. The zero-order valence-corrected chi connectivity index (χ0v) is 21.5. The molecule has 208 valence electrons. The maximum Gasteiger partial charge on any atom is 0.325 e. The molecule has 0 fully saturated rings. The number of carboxylic acid groups (broad SMARTS) is 1.